The Balaban J connectivity index is 1.57. The Morgan fingerprint density at radius 3 is 2.81 bits per heavy atom. The van der Waals surface area contributed by atoms with Gasteiger partial charge in [0.2, 0.25) is 0 Å². The molecular formula is C16H23N3OS. The molecule has 0 aromatic heterocycles. The minimum Gasteiger partial charge on any atom is -0.376 e. The van der Waals surface area contributed by atoms with Crippen molar-refractivity contribution in [3.63, 3.8) is 0 Å². The van der Waals surface area contributed by atoms with E-state index in [9.17, 15) is 0 Å². The van der Waals surface area contributed by atoms with E-state index in [0.29, 0.717) is 11.2 Å². The molecule has 1 atom stereocenters. The van der Waals surface area contributed by atoms with Crippen molar-refractivity contribution in [2.75, 3.05) is 36.5 Å². The fourth-order valence-electron chi connectivity index (χ4n) is 2.99. The van der Waals surface area contributed by atoms with Crippen LogP contribution in [0.4, 0.5) is 11.4 Å². The summed E-state index contributed by atoms with van der Waals surface area (Å²) in [4.78, 5) is 2.42. The number of anilines is 2. The molecule has 3 rings (SSSR count). The first-order chi connectivity index (χ1) is 10.3. The van der Waals surface area contributed by atoms with Gasteiger partial charge in [0.05, 0.1) is 17.5 Å². The minimum absolute atomic E-state index is 0.304. The van der Waals surface area contributed by atoms with Gasteiger partial charge in [-0.3, -0.25) is 0 Å². The summed E-state index contributed by atoms with van der Waals surface area (Å²) in [5.41, 5.74) is 2.33. The molecule has 2 fully saturated rings. The van der Waals surface area contributed by atoms with Gasteiger partial charge in [-0.2, -0.15) is 0 Å². The molecule has 0 bridgehead atoms. The third-order valence-corrected chi connectivity index (χ3v) is 4.36. The Hall–Kier alpha value is -1.33. The van der Waals surface area contributed by atoms with E-state index >= 15 is 0 Å². The summed E-state index contributed by atoms with van der Waals surface area (Å²) in [5, 5.41) is 7.28. The molecule has 2 aliphatic heterocycles. The van der Waals surface area contributed by atoms with Crippen molar-refractivity contribution >= 4 is 28.7 Å². The summed E-state index contributed by atoms with van der Waals surface area (Å²) in [7, 11) is 0. The molecule has 5 heteroatoms. The van der Waals surface area contributed by atoms with Crippen LogP contribution in [-0.2, 0) is 4.74 Å². The molecule has 0 spiro atoms. The Bertz CT molecular complexity index is 482. The topological polar surface area (TPSA) is 36.5 Å². The highest BCUT2D eigenvalue weighted by molar-refractivity contribution is 7.80. The smallest absolute Gasteiger partial charge is 0.170 e. The molecule has 0 unspecified atom stereocenters. The second-order valence-corrected chi connectivity index (χ2v) is 6.09. The quantitative estimate of drug-likeness (QED) is 0.837. The van der Waals surface area contributed by atoms with Crippen molar-refractivity contribution < 1.29 is 4.74 Å². The number of rotatable bonds is 4. The maximum Gasteiger partial charge on any atom is 0.170 e. The Labute approximate surface area is 131 Å². The van der Waals surface area contributed by atoms with E-state index in [1.807, 2.05) is 6.07 Å². The highest BCUT2D eigenvalue weighted by Gasteiger charge is 2.17. The zero-order chi connectivity index (χ0) is 14.5. The maximum absolute atomic E-state index is 5.60. The van der Waals surface area contributed by atoms with Gasteiger partial charge >= 0.3 is 0 Å². The monoisotopic (exact) mass is 305 g/mol. The van der Waals surface area contributed by atoms with E-state index in [4.69, 9.17) is 17.0 Å². The van der Waals surface area contributed by atoms with Crippen molar-refractivity contribution in [2.45, 2.75) is 31.8 Å². The number of ether oxygens (including phenoxy) is 1. The Kier molecular flexibility index (Phi) is 4.93. The fourth-order valence-corrected chi connectivity index (χ4v) is 3.18. The highest BCUT2D eigenvalue weighted by atomic mass is 32.1. The lowest BCUT2D eigenvalue weighted by molar-refractivity contribution is 0.114. The van der Waals surface area contributed by atoms with E-state index in [1.54, 1.807) is 0 Å². The SMILES string of the molecule is S=C(NC[C@@H]1CCCO1)Nc1ccccc1N1CCCC1. The van der Waals surface area contributed by atoms with Crippen LogP contribution < -0.4 is 15.5 Å². The van der Waals surface area contributed by atoms with Gasteiger partial charge in [-0.15, -0.1) is 0 Å². The predicted molar refractivity (Wildman–Crippen MR) is 91.1 cm³/mol. The molecule has 0 aliphatic carbocycles. The van der Waals surface area contributed by atoms with Gasteiger partial charge in [-0.05, 0) is 50.0 Å². The second kappa shape index (κ2) is 7.09. The van der Waals surface area contributed by atoms with Crippen molar-refractivity contribution in [2.24, 2.45) is 0 Å². The maximum atomic E-state index is 5.60. The molecule has 1 aromatic rings. The molecule has 2 N–H and O–H groups in total. The fraction of sp³-hybridized carbons (Fsp3) is 0.562. The van der Waals surface area contributed by atoms with Gasteiger partial charge in [0, 0.05) is 26.2 Å². The Morgan fingerprint density at radius 1 is 1.24 bits per heavy atom. The zero-order valence-electron chi connectivity index (χ0n) is 12.3. The molecule has 114 valence electrons. The number of thiocarbonyl (C=S) groups is 1. The lowest BCUT2D eigenvalue weighted by Crippen LogP contribution is -2.35. The number of hydrogen-bond acceptors (Lipinski definition) is 3. The molecule has 0 amide bonds. The average Bonchev–Trinajstić information content (AvgIpc) is 3.19. The van der Waals surface area contributed by atoms with Crippen LogP contribution in [0.15, 0.2) is 24.3 Å². The van der Waals surface area contributed by atoms with Gasteiger partial charge in [0.1, 0.15) is 0 Å². The van der Waals surface area contributed by atoms with E-state index < -0.39 is 0 Å². The van der Waals surface area contributed by atoms with Crippen LogP contribution in [0, 0.1) is 0 Å². The third kappa shape index (κ3) is 3.86. The predicted octanol–water partition coefficient (Wildman–Crippen LogP) is 2.75. The standard InChI is InChI=1S/C16H23N3OS/c21-16(17-12-13-6-5-11-20-13)18-14-7-1-2-8-15(14)19-9-3-4-10-19/h1-2,7-8,13H,3-6,9-12H2,(H2,17,18,21)/t13-/m0/s1. The number of hydrogen-bond donors (Lipinski definition) is 2. The van der Waals surface area contributed by atoms with E-state index in [-0.39, 0.29) is 0 Å². The van der Waals surface area contributed by atoms with Crippen LogP contribution >= 0.6 is 12.2 Å². The summed E-state index contributed by atoms with van der Waals surface area (Å²) in [6.45, 7) is 3.94. The number of nitrogens with zero attached hydrogens (tertiary/aromatic N) is 1. The van der Waals surface area contributed by atoms with Crippen molar-refractivity contribution in [3.8, 4) is 0 Å². The highest BCUT2D eigenvalue weighted by Crippen LogP contribution is 2.28. The molecule has 0 radical (unpaired) electrons. The first-order valence-electron chi connectivity index (χ1n) is 7.83. The second-order valence-electron chi connectivity index (χ2n) is 5.68. The number of para-hydroxylation sites is 2. The molecule has 1 aromatic carbocycles. The van der Waals surface area contributed by atoms with Crippen LogP contribution in [0.25, 0.3) is 0 Å². The van der Waals surface area contributed by atoms with Crippen LogP contribution in [-0.4, -0.2) is 37.5 Å². The normalized spacial score (nSPS) is 21.5. The lowest BCUT2D eigenvalue weighted by Gasteiger charge is -2.22. The van der Waals surface area contributed by atoms with Crippen LogP contribution in [0.2, 0.25) is 0 Å². The van der Waals surface area contributed by atoms with Crippen LogP contribution in [0.1, 0.15) is 25.7 Å². The van der Waals surface area contributed by atoms with Crippen LogP contribution in [0.5, 0.6) is 0 Å². The van der Waals surface area contributed by atoms with Crippen molar-refractivity contribution in [1.82, 2.24) is 5.32 Å². The third-order valence-electron chi connectivity index (χ3n) is 4.11. The van der Waals surface area contributed by atoms with Crippen molar-refractivity contribution in [1.29, 1.82) is 0 Å². The molecule has 21 heavy (non-hydrogen) atoms. The van der Waals surface area contributed by atoms with Gasteiger partial charge in [0.25, 0.3) is 0 Å². The van der Waals surface area contributed by atoms with E-state index in [2.05, 4.69) is 33.7 Å². The van der Waals surface area contributed by atoms with E-state index in [1.165, 1.54) is 18.5 Å². The number of benzene rings is 1. The summed E-state index contributed by atoms with van der Waals surface area (Å²) in [5.74, 6) is 0. The molecule has 4 nitrogen and oxygen atoms in total. The van der Waals surface area contributed by atoms with Gasteiger partial charge < -0.3 is 20.3 Å². The van der Waals surface area contributed by atoms with Gasteiger partial charge in [0.15, 0.2) is 5.11 Å². The van der Waals surface area contributed by atoms with Gasteiger partial charge in [-0.1, -0.05) is 12.1 Å². The lowest BCUT2D eigenvalue weighted by atomic mass is 10.2. The minimum atomic E-state index is 0.304. The summed E-state index contributed by atoms with van der Waals surface area (Å²) in [6, 6.07) is 8.39. The summed E-state index contributed by atoms with van der Waals surface area (Å²) >= 11 is 5.41. The molecular weight excluding hydrogens is 282 g/mol. The first-order valence-corrected chi connectivity index (χ1v) is 8.24. The van der Waals surface area contributed by atoms with Gasteiger partial charge in [-0.25, -0.2) is 0 Å². The Morgan fingerprint density at radius 2 is 2.05 bits per heavy atom. The molecule has 2 saturated heterocycles. The number of nitrogens with one attached hydrogen (secondary N) is 2. The van der Waals surface area contributed by atoms with Crippen LogP contribution in [0.3, 0.4) is 0 Å². The first kappa shape index (κ1) is 14.6. The van der Waals surface area contributed by atoms with E-state index in [0.717, 1.165) is 44.8 Å². The molecule has 2 aliphatic rings. The largest absolute Gasteiger partial charge is 0.376 e. The van der Waals surface area contributed by atoms with Crippen molar-refractivity contribution in [3.05, 3.63) is 24.3 Å². The average molecular weight is 305 g/mol. The molecule has 0 saturated carbocycles. The summed E-state index contributed by atoms with van der Waals surface area (Å²) in [6.07, 6.45) is 5.13. The summed E-state index contributed by atoms with van der Waals surface area (Å²) < 4.78 is 5.60. The molecule has 2 heterocycles. The zero-order valence-corrected chi connectivity index (χ0v) is 13.1.